The van der Waals surface area contributed by atoms with Crippen LogP contribution < -0.4 is 10.2 Å². The lowest BCUT2D eigenvalue weighted by molar-refractivity contribution is -0.121. The number of amides is 1. The van der Waals surface area contributed by atoms with Gasteiger partial charge in [-0.05, 0) is 49.9 Å². The molecule has 1 aliphatic heterocycles. The van der Waals surface area contributed by atoms with Crippen LogP contribution in [0.25, 0.3) is 0 Å². The number of benzene rings is 2. The molecule has 0 unspecified atom stereocenters. The van der Waals surface area contributed by atoms with Crippen molar-refractivity contribution in [2.75, 3.05) is 18.0 Å². The topological polar surface area (TPSA) is 52.6 Å². The summed E-state index contributed by atoms with van der Waals surface area (Å²) in [5, 5.41) is 12.7. The summed E-state index contributed by atoms with van der Waals surface area (Å²) >= 11 is 0. The first-order chi connectivity index (χ1) is 13.0. The second-order valence-corrected chi connectivity index (χ2v) is 7.20. The number of aryl methyl sites for hydroxylation is 1. The van der Waals surface area contributed by atoms with E-state index in [0.29, 0.717) is 25.7 Å². The van der Waals surface area contributed by atoms with Gasteiger partial charge in [-0.3, -0.25) is 4.79 Å². The zero-order valence-electron chi connectivity index (χ0n) is 15.7. The molecule has 1 aliphatic rings. The normalized spacial score (nSPS) is 16.2. The lowest BCUT2D eigenvalue weighted by Crippen LogP contribution is -2.37. The molecule has 1 amide bonds. The first-order valence-corrected chi connectivity index (χ1v) is 9.58. The van der Waals surface area contributed by atoms with Crippen LogP contribution >= 0.6 is 0 Å². The highest BCUT2D eigenvalue weighted by Gasteiger charge is 2.22. The van der Waals surface area contributed by atoms with Gasteiger partial charge in [-0.2, -0.15) is 0 Å². The van der Waals surface area contributed by atoms with Crippen LogP contribution in [0.3, 0.4) is 0 Å². The minimum atomic E-state index is -0.309. The van der Waals surface area contributed by atoms with Crippen molar-refractivity contribution in [3.63, 3.8) is 0 Å². The Morgan fingerprint density at radius 3 is 2.63 bits per heavy atom. The van der Waals surface area contributed by atoms with Crippen LogP contribution in [0.4, 0.5) is 10.1 Å². The van der Waals surface area contributed by atoms with Gasteiger partial charge in [-0.15, -0.1) is 0 Å². The number of carbonyl (C=O) groups excluding carboxylic acids is 1. The number of aliphatic hydroxyl groups excluding tert-OH is 1. The van der Waals surface area contributed by atoms with Gasteiger partial charge >= 0.3 is 0 Å². The molecule has 2 aromatic carbocycles. The van der Waals surface area contributed by atoms with Gasteiger partial charge in [0.05, 0.1) is 12.1 Å². The molecule has 0 aromatic heterocycles. The molecule has 1 atom stereocenters. The first kappa shape index (κ1) is 19.4. The monoisotopic (exact) mass is 370 g/mol. The zero-order chi connectivity index (χ0) is 19.2. The van der Waals surface area contributed by atoms with Crippen molar-refractivity contribution in [3.8, 4) is 0 Å². The molecule has 0 spiro atoms. The largest absolute Gasteiger partial charge is 0.393 e. The molecule has 3 rings (SSSR count). The van der Waals surface area contributed by atoms with Gasteiger partial charge in [0.2, 0.25) is 5.91 Å². The van der Waals surface area contributed by atoms with Crippen LogP contribution in [-0.2, 0) is 11.2 Å². The fourth-order valence-corrected chi connectivity index (χ4v) is 3.56. The predicted octanol–water partition coefficient (Wildman–Crippen LogP) is 3.60. The number of halogens is 1. The molecule has 0 radical (unpaired) electrons. The average molecular weight is 370 g/mol. The maximum Gasteiger partial charge on any atom is 0.220 e. The fraction of sp³-hybridized carbons (Fsp3) is 0.409. The summed E-state index contributed by atoms with van der Waals surface area (Å²) in [5.74, 6) is -0.355. The summed E-state index contributed by atoms with van der Waals surface area (Å²) < 4.78 is 13.9. The van der Waals surface area contributed by atoms with Crippen LogP contribution in [0.1, 0.15) is 43.4 Å². The average Bonchev–Trinajstić information content (AvgIpc) is 2.68. The highest BCUT2D eigenvalue weighted by Crippen LogP contribution is 2.29. The van der Waals surface area contributed by atoms with Gasteiger partial charge in [0.15, 0.2) is 0 Å². The summed E-state index contributed by atoms with van der Waals surface area (Å²) in [6, 6.07) is 14.3. The highest BCUT2D eigenvalue weighted by molar-refractivity contribution is 5.77. The van der Waals surface area contributed by atoms with E-state index >= 15 is 0 Å². The fourth-order valence-electron chi connectivity index (χ4n) is 3.56. The molecule has 1 heterocycles. The third-order valence-corrected chi connectivity index (χ3v) is 5.12. The van der Waals surface area contributed by atoms with E-state index in [4.69, 9.17) is 0 Å². The smallest absolute Gasteiger partial charge is 0.220 e. The maximum absolute atomic E-state index is 13.9. The van der Waals surface area contributed by atoms with E-state index in [0.717, 1.165) is 29.9 Å². The van der Waals surface area contributed by atoms with Gasteiger partial charge in [-0.25, -0.2) is 4.39 Å². The molecule has 1 saturated heterocycles. The lowest BCUT2D eigenvalue weighted by Gasteiger charge is -2.34. The van der Waals surface area contributed by atoms with Crippen molar-refractivity contribution in [2.45, 2.75) is 44.8 Å². The Bertz CT molecular complexity index is 758. The number of hydrogen-bond acceptors (Lipinski definition) is 3. The summed E-state index contributed by atoms with van der Waals surface area (Å²) in [7, 11) is 0. The van der Waals surface area contributed by atoms with Crippen molar-refractivity contribution >= 4 is 11.6 Å². The van der Waals surface area contributed by atoms with E-state index < -0.39 is 0 Å². The summed E-state index contributed by atoms with van der Waals surface area (Å²) in [4.78, 5) is 14.5. The maximum atomic E-state index is 13.9. The van der Waals surface area contributed by atoms with Crippen LogP contribution in [0, 0.1) is 5.82 Å². The van der Waals surface area contributed by atoms with Crippen LogP contribution in [0.15, 0.2) is 48.5 Å². The minimum Gasteiger partial charge on any atom is -0.393 e. The number of rotatable bonds is 6. The second-order valence-electron chi connectivity index (χ2n) is 7.20. The molecule has 4 nitrogen and oxygen atoms in total. The van der Waals surface area contributed by atoms with Crippen LogP contribution in [0.5, 0.6) is 0 Å². The van der Waals surface area contributed by atoms with E-state index in [1.807, 2.05) is 37.3 Å². The Kier molecular flexibility index (Phi) is 6.45. The van der Waals surface area contributed by atoms with Gasteiger partial charge in [-0.1, -0.05) is 30.3 Å². The molecular weight excluding hydrogens is 343 g/mol. The Labute approximate surface area is 160 Å². The van der Waals surface area contributed by atoms with Gasteiger partial charge < -0.3 is 15.3 Å². The summed E-state index contributed by atoms with van der Waals surface area (Å²) in [5.41, 5.74) is 2.83. The van der Waals surface area contributed by atoms with Gasteiger partial charge in [0.1, 0.15) is 5.82 Å². The van der Waals surface area contributed by atoms with Crippen molar-refractivity contribution in [1.29, 1.82) is 0 Å². The number of nitrogens with zero attached hydrogens (tertiary/aromatic N) is 1. The predicted molar refractivity (Wildman–Crippen MR) is 105 cm³/mol. The standard InChI is InChI=1S/C22H27FN2O2/c1-16(24-22(27)10-7-17-5-3-2-4-6-17)20-15-18(23)8-9-21(20)25-13-11-19(26)12-14-25/h2-6,8-9,15-16,19,26H,7,10-14H2,1H3,(H,24,27)/t16-/m1/s1. The highest BCUT2D eigenvalue weighted by atomic mass is 19.1. The van der Waals surface area contributed by atoms with E-state index in [9.17, 15) is 14.3 Å². The molecule has 0 aliphatic carbocycles. The van der Waals surface area contributed by atoms with Crippen molar-refractivity contribution in [1.82, 2.24) is 5.32 Å². The molecule has 0 saturated carbocycles. The molecule has 0 bridgehead atoms. The minimum absolute atomic E-state index is 0.0457. The van der Waals surface area contributed by atoms with E-state index in [2.05, 4.69) is 10.2 Å². The molecule has 2 N–H and O–H groups in total. The van der Waals surface area contributed by atoms with Crippen molar-refractivity contribution in [2.24, 2.45) is 0 Å². The number of aliphatic hydroxyl groups is 1. The molecule has 144 valence electrons. The molecule has 1 fully saturated rings. The molecule has 5 heteroatoms. The number of anilines is 1. The summed E-state index contributed by atoms with van der Waals surface area (Å²) in [6.07, 6.45) is 2.22. The zero-order valence-corrected chi connectivity index (χ0v) is 15.7. The Balaban J connectivity index is 1.65. The van der Waals surface area contributed by atoms with Crippen LogP contribution in [-0.4, -0.2) is 30.2 Å². The van der Waals surface area contributed by atoms with E-state index in [1.54, 1.807) is 6.07 Å². The van der Waals surface area contributed by atoms with Crippen molar-refractivity contribution < 1.29 is 14.3 Å². The lowest BCUT2D eigenvalue weighted by atomic mass is 10.0. The Morgan fingerprint density at radius 2 is 1.93 bits per heavy atom. The Morgan fingerprint density at radius 1 is 1.22 bits per heavy atom. The number of nitrogens with one attached hydrogen (secondary N) is 1. The quantitative estimate of drug-likeness (QED) is 0.817. The van der Waals surface area contributed by atoms with E-state index in [-0.39, 0.29) is 23.9 Å². The third-order valence-electron chi connectivity index (χ3n) is 5.12. The van der Waals surface area contributed by atoms with E-state index in [1.165, 1.54) is 12.1 Å². The third kappa shape index (κ3) is 5.30. The Hall–Kier alpha value is -2.40. The number of carbonyl (C=O) groups is 1. The molecular formula is C22H27FN2O2. The summed E-state index contributed by atoms with van der Waals surface area (Å²) in [6.45, 7) is 3.35. The molecule has 27 heavy (non-hydrogen) atoms. The van der Waals surface area contributed by atoms with Crippen molar-refractivity contribution in [3.05, 3.63) is 65.5 Å². The SMILES string of the molecule is C[C@@H](NC(=O)CCc1ccccc1)c1cc(F)ccc1N1CCC(O)CC1. The first-order valence-electron chi connectivity index (χ1n) is 9.58. The second kappa shape index (κ2) is 9.00. The number of hydrogen-bond donors (Lipinski definition) is 2. The molecule has 2 aromatic rings. The number of piperidine rings is 1. The van der Waals surface area contributed by atoms with Gasteiger partial charge in [0, 0.05) is 30.8 Å². The van der Waals surface area contributed by atoms with Crippen LogP contribution in [0.2, 0.25) is 0 Å². The van der Waals surface area contributed by atoms with Gasteiger partial charge in [0.25, 0.3) is 0 Å².